The molecule has 2 heterocycles. The van der Waals surface area contributed by atoms with Gasteiger partial charge in [-0.3, -0.25) is 4.90 Å². The summed E-state index contributed by atoms with van der Waals surface area (Å²) in [7, 11) is 1.45. The van der Waals surface area contributed by atoms with Gasteiger partial charge in [0.15, 0.2) is 11.6 Å². The van der Waals surface area contributed by atoms with Crippen molar-refractivity contribution in [1.82, 2.24) is 19.9 Å². The summed E-state index contributed by atoms with van der Waals surface area (Å²) < 4.78 is 18.7. The van der Waals surface area contributed by atoms with Gasteiger partial charge < -0.3 is 21.1 Å². The molecule has 28 heavy (non-hydrogen) atoms. The number of likely N-dealkylation sites (tertiary alicyclic amines) is 1. The molecule has 152 valence electrons. The van der Waals surface area contributed by atoms with Crippen molar-refractivity contribution < 1.29 is 9.13 Å². The van der Waals surface area contributed by atoms with Crippen molar-refractivity contribution in [3.05, 3.63) is 29.6 Å². The number of nitrogen functional groups attached to an aromatic ring is 1. The number of likely N-dealkylation sites (N-methyl/N-ethyl adjacent to an activating group) is 1. The van der Waals surface area contributed by atoms with Crippen molar-refractivity contribution in [2.75, 3.05) is 49.7 Å². The topological polar surface area (TPSA) is 101 Å². The lowest BCUT2D eigenvalue weighted by molar-refractivity contribution is 0.277. The van der Waals surface area contributed by atoms with E-state index in [1.807, 2.05) is 6.07 Å². The van der Waals surface area contributed by atoms with E-state index in [0.717, 1.165) is 25.2 Å². The Balaban J connectivity index is 1.53. The third-order valence-electron chi connectivity index (χ3n) is 4.97. The smallest absolute Gasteiger partial charge is 0.229 e. The predicted octanol–water partition coefficient (Wildman–Crippen LogP) is 2.15. The highest BCUT2D eigenvalue weighted by atomic mass is 19.1. The van der Waals surface area contributed by atoms with E-state index in [2.05, 4.69) is 37.4 Å². The molecule has 0 saturated carbocycles. The Morgan fingerprint density at radius 2 is 2.04 bits per heavy atom. The van der Waals surface area contributed by atoms with Gasteiger partial charge in [0.1, 0.15) is 0 Å². The second-order valence-corrected chi connectivity index (χ2v) is 6.79. The van der Waals surface area contributed by atoms with E-state index in [9.17, 15) is 4.39 Å². The highest BCUT2D eigenvalue weighted by Gasteiger charge is 2.22. The molecule has 1 aliphatic rings. The number of nitrogens with one attached hydrogen (secondary N) is 2. The summed E-state index contributed by atoms with van der Waals surface area (Å²) in [5.41, 5.74) is 6.67. The van der Waals surface area contributed by atoms with E-state index in [4.69, 9.17) is 10.5 Å². The number of hydrogen-bond acceptors (Lipinski definition) is 8. The van der Waals surface area contributed by atoms with Crippen LogP contribution in [0.2, 0.25) is 0 Å². The quantitative estimate of drug-likeness (QED) is 0.600. The minimum absolute atomic E-state index is 0.161. The Bertz CT molecular complexity index is 789. The summed E-state index contributed by atoms with van der Waals surface area (Å²) in [5, 5.41) is 6.40. The van der Waals surface area contributed by atoms with Gasteiger partial charge in [0.25, 0.3) is 0 Å². The molecule has 8 nitrogen and oxygen atoms in total. The first-order chi connectivity index (χ1) is 13.6. The Labute approximate surface area is 164 Å². The van der Waals surface area contributed by atoms with Crippen molar-refractivity contribution in [2.24, 2.45) is 0 Å². The van der Waals surface area contributed by atoms with Crippen LogP contribution >= 0.6 is 0 Å². The highest BCUT2D eigenvalue weighted by Crippen LogP contribution is 2.19. The molecule has 0 radical (unpaired) electrons. The van der Waals surface area contributed by atoms with Crippen LogP contribution < -0.4 is 21.1 Å². The number of nitrogens with zero attached hydrogens (tertiary/aromatic N) is 4. The van der Waals surface area contributed by atoms with Gasteiger partial charge in [-0.25, -0.2) is 4.39 Å². The standard InChI is InChI=1S/C19H28FN7O/c1-3-27-10-4-5-14(27)12-23-19-25-17(21)24-18(26-19)22-9-8-13-6-7-16(28-2)15(20)11-13/h6-7,11,14H,3-5,8-10,12H2,1-2H3,(H4,21,22,23,24,25,26). The molecule has 0 bridgehead atoms. The molecular weight excluding hydrogens is 361 g/mol. The van der Waals surface area contributed by atoms with E-state index in [1.54, 1.807) is 6.07 Å². The minimum Gasteiger partial charge on any atom is -0.494 e. The van der Waals surface area contributed by atoms with Crippen LogP contribution in [0.4, 0.5) is 22.2 Å². The van der Waals surface area contributed by atoms with Gasteiger partial charge in [0, 0.05) is 19.1 Å². The maximum atomic E-state index is 13.8. The van der Waals surface area contributed by atoms with Crippen molar-refractivity contribution in [3.8, 4) is 5.75 Å². The third kappa shape index (κ3) is 5.19. The summed E-state index contributed by atoms with van der Waals surface area (Å²) >= 11 is 0. The molecule has 0 spiro atoms. The highest BCUT2D eigenvalue weighted by molar-refractivity contribution is 5.40. The van der Waals surface area contributed by atoms with Gasteiger partial charge >= 0.3 is 0 Å². The van der Waals surface area contributed by atoms with E-state index in [-0.39, 0.29) is 17.5 Å². The predicted molar refractivity (Wildman–Crippen MR) is 108 cm³/mol. The van der Waals surface area contributed by atoms with Crippen LogP contribution in [-0.4, -0.2) is 59.2 Å². The van der Waals surface area contributed by atoms with Crippen molar-refractivity contribution >= 4 is 17.8 Å². The molecule has 1 saturated heterocycles. The molecule has 1 aromatic carbocycles. The fraction of sp³-hybridized carbons (Fsp3) is 0.526. The normalized spacial score (nSPS) is 16.9. The van der Waals surface area contributed by atoms with Crippen LogP contribution in [0.15, 0.2) is 18.2 Å². The molecule has 2 aromatic rings. The van der Waals surface area contributed by atoms with Crippen LogP contribution in [0.5, 0.6) is 5.75 Å². The molecule has 1 aromatic heterocycles. The molecule has 0 aliphatic carbocycles. The summed E-state index contributed by atoms with van der Waals surface area (Å²) in [4.78, 5) is 15.1. The van der Waals surface area contributed by atoms with Crippen LogP contribution in [0.1, 0.15) is 25.3 Å². The number of ether oxygens (including phenoxy) is 1. The first-order valence-electron chi connectivity index (χ1n) is 9.64. The Morgan fingerprint density at radius 1 is 1.25 bits per heavy atom. The Hall–Kier alpha value is -2.68. The molecule has 0 amide bonds. The zero-order valence-electron chi connectivity index (χ0n) is 16.4. The van der Waals surface area contributed by atoms with Gasteiger partial charge in [-0.1, -0.05) is 13.0 Å². The summed E-state index contributed by atoms with van der Waals surface area (Å²) in [6, 6.07) is 5.41. The Morgan fingerprint density at radius 3 is 2.75 bits per heavy atom. The van der Waals surface area contributed by atoms with Gasteiger partial charge in [-0.15, -0.1) is 0 Å². The van der Waals surface area contributed by atoms with Crippen LogP contribution in [0.25, 0.3) is 0 Å². The molecule has 1 atom stereocenters. The van der Waals surface area contributed by atoms with E-state index < -0.39 is 0 Å². The van der Waals surface area contributed by atoms with E-state index in [1.165, 1.54) is 26.0 Å². The molecule has 1 fully saturated rings. The maximum absolute atomic E-state index is 13.8. The lowest BCUT2D eigenvalue weighted by Gasteiger charge is -2.22. The largest absolute Gasteiger partial charge is 0.494 e. The lowest BCUT2D eigenvalue weighted by Crippen LogP contribution is -2.35. The number of nitrogens with two attached hydrogens (primary N) is 1. The summed E-state index contributed by atoms with van der Waals surface area (Å²) in [5.74, 6) is 0.899. The minimum atomic E-state index is -0.371. The number of anilines is 3. The number of benzene rings is 1. The monoisotopic (exact) mass is 389 g/mol. The van der Waals surface area contributed by atoms with Crippen LogP contribution in [0.3, 0.4) is 0 Å². The van der Waals surface area contributed by atoms with Crippen molar-refractivity contribution in [1.29, 1.82) is 0 Å². The third-order valence-corrected chi connectivity index (χ3v) is 4.97. The molecule has 1 aliphatic heterocycles. The van der Waals surface area contributed by atoms with Crippen molar-refractivity contribution in [2.45, 2.75) is 32.2 Å². The second kappa shape index (κ2) is 9.50. The number of methoxy groups -OCH3 is 1. The molecular formula is C19H28FN7O. The average molecular weight is 389 g/mol. The molecule has 3 rings (SSSR count). The van der Waals surface area contributed by atoms with Crippen molar-refractivity contribution in [3.63, 3.8) is 0 Å². The van der Waals surface area contributed by atoms with Gasteiger partial charge in [-0.2, -0.15) is 15.0 Å². The van der Waals surface area contributed by atoms with E-state index >= 15 is 0 Å². The SMILES string of the molecule is CCN1CCCC1CNc1nc(N)nc(NCCc2ccc(OC)c(F)c2)n1. The zero-order chi connectivity index (χ0) is 19.9. The fourth-order valence-corrected chi connectivity index (χ4v) is 3.49. The molecule has 9 heteroatoms. The summed E-state index contributed by atoms with van der Waals surface area (Å²) in [6.07, 6.45) is 3.01. The fourth-order valence-electron chi connectivity index (χ4n) is 3.49. The number of hydrogen-bond donors (Lipinski definition) is 3. The summed E-state index contributed by atoms with van der Waals surface area (Å²) in [6.45, 7) is 5.68. The van der Waals surface area contributed by atoms with Gasteiger partial charge in [0.2, 0.25) is 17.8 Å². The molecule has 1 unspecified atom stereocenters. The second-order valence-electron chi connectivity index (χ2n) is 6.79. The Kier molecular flexibility index (Phi) is 6.80. The first kappa shape index (κ1) is 20.1. The average Bonchev–Trinajstić information content (AvgIpc) is 3.14. The van der Waals surface area contributed by atoms with Gasteiger partial charge in [-0.05, 0) is 50.0 Å². The van der Waals surface area contributed by atoms with Gasteiger partial charge in [0.05, 0.1) is 7.11 Å². The number of halogens is 1. The number of aromatic nitrogens is 3. The van der Waals surface area contributed by atoms with E-state index in [0.29, 0.717) is 30.9 Å². The first-order valence-corrected chi connectivity index (χ1v) is 9.64. The van der Waals surface area contributed by atoms with Crippen LogP contribution in [-0.2, 0) is 6.42 Å². The maximum Gasteiger partial charge on any atom is 0.229 e. The van der Waals surface area contributed by atoms with Crippen LogP contribution in [0, 0.1) is 5.82 Å². The molecule has 4 N–H and O–H groups in total. The lowest BCUT2D eigenvalue weighted by atomic mass is 10.1. The zero-order valence-corrected chi connectivity index (χ0v) is 16.4. The number of rotatable bonds is 9.